The lowest BCUT2D eigenvalue weighted by Crippen LogP contribution is -2.43. The van der Waals surface area contributed by atoms with E-state index in [1.807, 2.05) is 25.1 Å². The van der Waals surface area contributed by atoms with Gasteiger partial charge >= 0.3 is 5.97 Å². The van der Waals surface area contributed by atoms with Crippen LogP contribution in [0, 0.1) is 5.92 Å². The third kappa shape index (κ3) is 1.77. The average molecular weight is 247 g/mol. The highest BCUT2D eigenvalue weighted by atomic mass is 16.5. The summed E-state index contributed by atoms with van der Waals surface area (Å²) < 4.78 is 10.9. The average Bonchev–Trinajstić information content (AvgIpc) is 2.87. The van der Waals surface area contributed by atoms with Crippen molar-refractivity contribution >= 4 is 11.7 Å². The van der Waals surface area contributed by atoms with Crippen molar-refractivity contribution in [2.24, 2.45) is 5.92 Å². The summed E-state index contributed by atoms with van der Waals surface area (Å²) in [4.78, 5) is 12.0. The Balaban J connectivity index is 1.93. The molecule has 0 bridgehead atoms. The van der Waals surface area contributed by atoms with Gasteiger partial charge < -0.3 is 14.8 Å². The maximum absolute atomic E-state index is 12.0. The molecule has 4 nitrogen and oxygen atoms in total. The first-order valence-electron chi connectivity index (χ1n) is 6.45. The number of benzene rings is 1. The minimum atomic E-state index is -0.285. The molecule has 0 spiro atoms. The molecule has 18 heavy (non-hydrogen) atoms. The summed E-state index contributed by atoms with van der Waals surface area (Å²) in [5.74, 6) is 0.00598. The molecule has 3 rings (SSSR count). The molecule has 2 unspecified atom stereocenters. The van der Waals surface area contributed by atoms with Crippen LogP contribution in [0.2, 0.25) is 0 Å². The molecule has 1 aromatic carbocycles. The molecule has 96 valence electrons. The first-order valence-corrected chi connectivity index (χ1v) is 6.45. The number of nitrogens with one attached hydrogen (secondary N) is 1. The van der Waals surface area contributed by atoms with E-state index in [2.05, 4.69) is 11.4 Å². The van der Waals surface area contributed by atoms with Crippen molar-refractivity contribution in [3.63, 3.8) is 0 Å². The predicted octanol–water partition coefficient (Wildman–Crippen LogP) is 2.12. The van der Waals surface area contributed by atoms with Gasteiger partial charge in [-0.1, -0.05) is 18.2 Å². The van der Waals surface area contributed by atoms with Crippen molar-refractivity contribution < 1.29 is 14.3 Å². The molecular weight excluding hydrogens is 230 g/mol. The van der Waals surface area contributed by atoms with Crippen LogP contribution in [-0.2, 0) is 14.3 Å². The molecule has 1 aromatic rings. The number of hydrogen-bond acceptors (Lipinski definition) is 4. The topological polar surface area (TPSA) is 47.6 Å². The van der Waals surface area contributed by atoms with Gasteiger partial charge in [-0.2, -0.15) is 0 Å². The van der Waals surface area contributed by atoms with Gasteiger partial charge in [-0.25, -0.2) is 4.79 Å². The van der Waals surface area contributed by atoms with Gasteiger partial charge in [-0.3, -0.25) is 0 Å². The second-order valence-electron chi connectivity index (χ2n) is 4.71. The summed E-state index contributed by atoms with van der Waals surface area (Å²) in [7, 11) is 0. The Hall–Kier alpha value is -1.55. The summed E-state index contributed by atoms with van der Waals surface area (Å²) >= 11 is 0. The van der Waals surface area contributed by atoms with Gasteiger partial charge in [0.25, 0.3) is 0 Å². The lowest BCUT2D eigenvalue weighted by Gasteiger charge is -2.34. The third-order valence-corrected chi connectivity index (χ3v) is 3.68. The van der Waals surface area contributed by atoms with E-state index in [1.165, 1.54) is 0 Å². The summed E-state index contributed by atoms with van der Waals surface area (Å²) in [5.41, 5.74) is 2.14. The van der Waals surface area contributed by atoms with Crippen molar-refractivity contribution in [3.05, 3.63) is 29.8 Å². The number of carbonyl (C=O) groups excluding carboxylic acids is 1. The molecular formula is C14H17NO3. The van der Waals surface area contributed by atoms with Gasteiger partial charge in [0.1, 0.15) is 6.04 Å². The molecule has 2 aliphatic heterocycles. The van der Waals surface area contributed by atoms with Crippen molar-refractivity contribution in [3.8, 4) is 0 Å². The Bertz CT molecular complexity index is 460. The Morgan fingerprint density at radius 3 is 3.17 bits per heavy atom. The van der Waals surface area contributed by atoms with Crippen LogP contribution < -0.4 is 5.32 Å². The first kappa shape index (κ1) is 11.5. The van der Waals surface area contributed by atoms with Crippen LogP contribution in [-0.4, -0.2) is 25.2 Å². The minimum Gasteiger partial charge on any atom is -0.464 e. The van der Waals surface area contributed by atoms with Crippen molar-refractivity contribution in [2.45, 2.75) is 25.5 Å². The van der Waals surface area contributed by atoms with Gasteiger partial charge in [0, 0.05) is 23.8 Å². The van der Waals surface area contributed by atoms with E-state index in [0.717, 1.165) is 17.7 Å². The Labute approximate surface area is 106 Å². The van der Waals surface area contributed by atoms with Gasteiger partial charge in [-0.05, 0) is 19.4 Å². The smallest absolute Gasteiger partial charge is 0.328 e. The number of esters is 1. The second-order valence-corrected chi connectivity index (χ2v) is 4.71. The largest absolute Gasteiger partial charge is 0.464 e. The zero-order chi connectivity index (χ0) is 12.5. The van der Waals surface area contributed by atoms with Gasteiger partial charge in [0.2, 0.25) is 0 Å². The fourth-order valence-electron chi connectivity index (χ4n) is 2.88. The van der Waals surface area contributed by atoms with E-state index in [9.17, 15) is 4.79 Å². The van der Waals surface area contributed by atoms with Crippen molar-refractivity contribution in [1.82, 2.24) is 0 Å². The van der Waals surface area contributed by atoms with E-state index < -0.39 is 0 Å². The highest BCUT2D eigenvalue weighted by Gasteiger charge is 2.44. The third-order valence-electron chi connectivity index (χ3n) is 3.68. The van der Waals surface area contributed by atoms with Crippen molar-refractivity contribution in [2.75, 3.05) is 18.5 Å². The van der Waals surface area contributed by atoms with Crippen molar-refractivity contribution in [1.29, 1.82) is 0 Å². The quantitative estimate of drug-likeness (QED) is 0.813. The van der Waals surface area contributed by atoms with E-state index in [0.29, 0.717) is 13.2 Å². The standard InChI is InChI=1S/C14H17NO3/c1-2-17-14(16)12-10-7-8-18-13(10)9-5-3-4-6-11(9)15-12/h3-6,10,12-13,15H,2,7-8H2,1H3/t10?,12?,13-/m0/s1. The SMILES string of the molecule is CCOC(=O)C1Nc2ccccc2[C@@H]2OCCC12. The molecule has 2 heterocycles. The normalized spacial score (nSPS) is 29.1. The number of fused-ring (bicyclic) bond motifs is 3. The Kier molecular flexibility index (Phi) is 2.96. The number of rotatable bonds is 2. The van der Waals surface area contributed by atoms with Crippen LogP contribution in [0.5, 0.6) is 0 Å². The molecule has 1 fully saturated rings. The number of para-hydroxylation sites is 1. The molecule has 0 radical (unpaired) electrons. The van der Waals surface area contributed by atoms with E-state index in [4.69, 9.17) is 9.47 Å². The Morgan fingerprint density at radius 2 is 2.33 bits per heavy atom. The molecule has 0 aliphatic carbocycles. The molecule has 0 amide bonds. The molecule has 1 saturated heterocycles. The molecule has 3 atom stereocenters. The molecule has 0 saturated carbocycles. The van der Waals surface area contributed by atoms with Crippen LogP contribution >= 0.6 is 0 Å². The van der Waals surface area contributed by atoms with E-state index in [-0.39, 0.29) is 24.0 Å². The number of anilines is 1. The lowest BCUT2D eigenvalue weighted by molar-refractivity contribution is -0.146. The zero-order valence-electron chi connectivity index (χ0n) is 10.4. The minimum absolute atomic E-state index is 0.0249. The Morgan fingerprint density at radius 1 is 1.50 bits per heavy atom. The summed E-state index contributed by atoms with van der Waals surface area (Å²) in [6.07, 6.45) is 0.923. The maximum atomic E-state index is 12.0. The fraction of sp³-hybridized carbons (Fsp3) is 0.500. The highest BCUT2D eigenvalue weighted by molar-refractivity contribution is 5.81. The van der Waals surface area contributed by atoms with Crippen LogP contribution in [0.25, 0.3) is 0 Å². The highest BCUT2D eigenvalue weighted by Crippen LogP contribution is 2.44. The van der Waals surface area contributed by atoms with Gasteiger partial charge in [0.15, 0.2) is 0 Å². The lowest BCUT2D eigenvalue weighted by atomic mass is 9.84. The molecule has 4 heteroatoms. The monoisotopic (exact) mass is 247 g/mol. The van der Waals surface area contributed by atoms with Gasteiger partial charge in [0.05, 0.1) is 12.7 Å². The molecule has 1 N–H and O–H groups in total. The molecule has 0 aromatic heterocycles. The van der Waals surface area contributed by atoms with Crippen LogP contribution in [0.1, 0.15) is 25.0 Å². The number of carbonyl (C=O) groups is 1. The summed E-state index contributed by atoms with van der Waals surface area (Å²) in [6, 6.07) is 7.73. The number of ether oxygens (including phenoxy) is 2. The van der Waals surface area contributed by atoms with Crippen LogP contribution in [0.3, 0.4) is 0 Å². The van der Waals surface area contributed by atoms with Crippen LogP contribution in [0.4, 0.5) is 5.69 Å². The van der Waals surface area contributed by atoms with E-state index >= 15 is 0 Å². The predicted molar refractivity (Wildman–Crippen MR) is 67.3 cm³/mol. The number of hydrogen-bond donors (Lipinski definition) is 1. The second kappa shape index (κ2) is 4.61. The van der Waals surface area contributed by atoms with E-state index in [1.54, 1.807) is 0 Å². The van der Waals surface area contributed by atoms with Crippen LogP contribution in [0.15, 0.2) is 24.3 Å². The van der Waals surface area contributed by atoms with Gasteiger partial charge in [-0.15, -0.1) is 0 Å². The first-order chi connectivity index (χ1) is 8.81. The zero-order valence-corrected chi connectivity index (χ0v) is 10.4. The maximum Gasteiger partial charge on any atom is 0.328 e. The fourth-order valence-corrected chi connectivity index (χ4v) is 2.88. The summed E-state index contributed by atoms with van der Waals surface area (Å²) in [6.45, 7) is 2.95. The summed E-state index contributed by atoms with van der Waals surface area (Å²) in [5, 5.41) is 3.30. The molecule has 2 aliphatic rings.